The molecule has 1 aromatic carbocycles. The first-order chi connectivity index (χ1) is 11.2. The van der Waals surface area contributed by atoms with Crippen molar-refractivity contribution in [2.24, 2.45) is 0 Å². The van der Waals surface area contributed by atoms with Gasteiger partial charge in [0.1, 0.15) is 6.10 Å². The van der Waals surface area contributed by atoms with Crippen LogP contribution in [-0.4, -0.2) is 30.3 Å². The number of rotatable bonds is 4. The van der Waals surface area contributed by atoms with Crippen molar-refractivity contribution in [1.29, 1.82) is 0 Å². The molecule has 0 heterocycles. The lowest BCUT2D eigenvalue weighted by Crippen LogP contribution is -2.16. The normalized spacial score (nSPS) is 16.8. The Hall–Kier alpha value is -2.14. The lowest BCUT2D eigenvalue weighted by Gasteiger charge is -2.20. The number of carbonyl (C=O) groups excluding carboxylic acids is 2. The second-order valence-corrected chi connectivity index (χ2v) is 6.68. The molecule has 5 nitrogen and oxygen atoms in total. The molecule has 2 rings (SSSR count). The van der Waals surface area contributed by atoms with Gasteiger partial charge < -0.3 is 14.6 Å². The summed E-state index contributed by atoms with van der Waals surface area (Å²) < 4.78 is 10.1. The second-order valence-electron chi connectivity index (χ2n) is 6.68. The van der Waals surface area contributed by atoms with Crippen LogP contribution in [0.4, 0.5) is 0 Å². The highest BCUT2D eigenvalue weighted by molar-refractivity contribution is 6.25. The fourth-order valence-corrected chi connectivity index (χ4v) is 2.76. The third kappa shape index (κ3) is 3.22. The minimum absolute atomic E-state index is 0.0450. The average Bonchev–Trinajstić information content (AvgIpc) is 2.79. The molecule has 0 spiro atoms. The number of fused-ring (bicyclic) bond motifs is 1. The molecule has 1 aliphatic carbocycles. The van der Waals surface area contributed by atoms with E-state index in [0.717, 1.165) is 5.56 Å². The summed E-state index contributed by atoms with van der Waals surface area (Å²) in [5.74, 6) is -1.31. The molecule has 0 bridgehead atoms. The molecule has 1 aromatic rings. The summed E-state index contributed by atoms with van der Waals surface area (Å²) in [6.07, 6.45) is -1.19. The van der Waals surface area contributed by atoms with Gasteiger partial charge in [-0.05, 0) is 42.0 Å². The van der Waals surface area contributed by atoms with E-state index in [1.54, 1.807) is 19.9 Å². The number of carbonyl (C=O) groups is 2. The van der Waals surface area contributed by atoms with Gasteiger partial charge in [0.05, 0.1) is 24.4 Å². The van der Waals surface area contributed by atoms with Crippen LogP contribution in [0.3, 0.4) is 0 Å². The predicted molar refractivity (Wildman–Crippen MR) is 90.3 cm³/mol. The molecule has 130 valence electrons. The van der Waals surface area contributed by atoms with E-state index in [1.165, 1.54) is 0 Å². The van der Waals surface area contributed by atoms with Gasteiger partial charge in [-0.1, -0.05) is 32.9 Å². The topological polar surface area (TPSA) is 72.8 Å². The summed E-state index contributed by atoms with van der Waals surface area (Å²) in [6, 6.07) is 5.50. The first-order valence-corrected chi connectivity index (χ1v) is 8.13. The van der Waals surface area contributed by atoms with E-state index in [2.05, 4.69) is 20.8 Å². The van der Waals surface area contributed by atoms with Crippen LogP contribution in [0, 0.1) is 0 Å². The summed E-state index contributed by atoms with van der Waals surface area (Å²) in [6.45, 7) is 9.88. The van der Waals surface area contributed by atoms with Crippen LogP contribution < -0.4 is 0 Å². The number of ether oxygens (including phenoxy) is 2. The van der Waals surface area contributed by atoms with Crippen LogP contribution in [0.5, 0.6) is 0 Å². The highest BCUT2D eigenvalue weighted by atomic mass is 16.5. The Labute approximate surface area is 142 Å². The molecule has 1 aliphatic rings. The highest BCUT2D eigenvalue weighted by Crippen LogP contribution is 2.43. The van der Waals surface area contributed by atoms with E-state index in [-0.39, 0.29) is 29.8 Å². The Kier molecular flexibility index (Phi) is 5.13. The van der Waals surface area contributed by atoms with Crippen LogP contribution in [0.1, 0.15) is 57.4 Å². The van der Waals surface area contributed by atoms with Gasteiger partial charge in [0.2, 0.25) is 0 Å². The number of aliphatic hydroxyl groups excluding tert-OH is 1. The molecule has 0 saturated carbocycles. The molecule has 0 saturated heterocycles. The van der Waals surface area contributed by atoms with Gasteiger partial charge in [-0.2, -0.15) is 0 Å². The van der Waals surface area contributed by atoms with Gasteiger partial charge in [-0.25, -0.2) is 9.59 Å². The smallest absolute Gasteiger partial charge is 0.339 e. The summed E-state index contributed by atoms with van der Waals surface area (Å²) in [7, 11) is 0. The largest absolute Gasteiger partial charge is 0.463 e. The van der Waals surface area contributed by atoms with Crippen molar-refractivity contribution in [2.75, 3.05) is 13.2 Å². The van der Waals surface area contributed by atoms with Crippen LogP contribution in [0.15, 0.2) is 23.8 Å². The van der Waals surface area contributed by atoms with Crippen molar-refractivity contribution in [1.82, 2.24) is 0 Å². The van der Waals surface area contributed by atoms with Gasteiger partial charge >= 0.3 is 11.9 Å². The molecule has 1 atom stereocenters. The number of aliphatic hydroxyl groups is 1. The Balaban J connectivity index is 2.65. The average molecular weight is 332 g/mol. The monoisotopic (exact) mass is 332 g/mol. The Morgan fingerprint density at radius 3 is 2.21 bits per heavy atom. The quantitative estimate of drug-likeness (QED) is 0.858. The van der Waals surface area contributed by atoms with Crippen molar-refractivity contribution in [3.05, 3.63) is 40.5 Å². The van der Waals surface area contributed by atoms with Crippen molar-refractivity contribution < 1.29 is 24.2 Å². The second kappa shape index (κ2) is 6.77. The molecular weight excluding hydrogens is 308 g/mol. The molecule has 1 unspecified atom stereocenters. The maximum Gasteiger partial charge on any atom is 0.339 e. The third-order valence-electron chi connectivity index (χ3n) is 4.00. The zero-order chi connectivity index (χ0) is 18.1. The number of esters is 2. The van der Waals surface area contributed by atoms with E-state index in [4.69, 9.17) is 9.47 Å². The Bertz CT molecular complexity index is 694. The maximum absolute atomic E-state index is 12.4. The van der Waals surface area contributed by atoms with Crippen molar-refractivity contribution >= 4 is 17.5 Å². The summed E-state index contributed by atoms with van der Waals surface area (Å²) >= 11 is 0. The SMILES string of the molecule is CCOC(=O)C1=C(C(=O)OCC)C(O)c2ccc(C(C)(C)C)cc21. The maximum atomic E-state index is 12.4. The third-order valence-corrected chi connectivity index (χ3v) is 4.00. The van der Waals surface area contributed by atoms with Gasteiger partial charge in [-0.15, -0.1) is 0 Å². The lowest BCUT2D eigenvalue weighted by molar-refractivity contribution is -0.141. The summed E-state index contributed by atoms with van der Waals surface area (Å²) in [5, 5.41) is 10.6. The highest BCUT2D eigenvalue weighted by Gasteiger charge is 2.39. The predicted octanol–water partition coefficient (Wildman–Crippen LogP) is 2.91. The number of hydrogen-bond acceptors (Lipinski definition) is 5. The molecule has 5 heteroatoms. The van der Waals surface area contributed by atoms with E-state index in [1.807, 2.05) is 12.1 Å². The van der Waals surface area contributed by atoms with Crippen LogP contribution in [0.25, 0.3) is 5.57 Å². The van der Waals surface area contributed by atoms with Gasteiger partial charge in [0, 0.05) is 0 Å². The van der Waals surface area contributed by atoms with E-state index in [0.29, 0.717) is 11.1 Å². The molecule has 24 heavy (non-hydrogen) atoms. The molecular formula is C19H24O5. The van der Waals surface area contributed by atoms with Crippen LogP contribution in [0.2, 0.25) is 0 Å². The minimum atomic E-state index is -1.19. The standard InChI is InChI=1S/C19H24O5/c1-6-23-17(21)14-13-10-11(19(3,4)5)8-9-12(13)16(20)15(14)18(22)24-7-2/h8-10,16,20H,6-7H2,1-5H3. The van der Waals surface area contributed by atoms with Gasteiger partial charge in [0.25, 0.3) is 0 Å². The Morgan fingerprint density at radius 2 is 1.67 bits per heavy atom. The minimum Gasteiger partial charge on any atom is -0.463 e. The molecule has 0 aliphatic heterocycles. The van der Waals surface area contributed by atoms with Gasteiger partial charge in [-0.3, -0.25) is 0 Å². The number of hydrogen-bond donors (Lipinski definition) is 1. The first kappa shape index (κ1) is 18.2. The van der Waals surface area contributed by atoms with Crippen molar-refractivity contribution in [2.45, 2.75) is 46.1 Å². The lowest BCUT2D eigenvalue weighted by atomic mass is 9.85. The molecule has 1 N–H and O–H groups in total. The van der Waals surface area contributed by atoms with Crippen LogP contribution in [-0.2, 0) is 24.5 Å². The number of benzene rings is 1. The van der Waals surface area contributed by atoms with Crippen molar-refractivity contribution in [3.63, 3.8) is 0 Å². The zero-order valence-corrected chi connectivity index (χ0v) is 14.8. The molecule has 0 aromatic heterocycles. The van der Waals surface area contributed by atoms with E-state index in [9.17, 15) is 14.7 Å². The summed E-state index contributed by atoms with van der Waals surface area (Å²) in [4.78, 5) is 24.7. The molecule has 0 radical (unpaired) electrons. The Morgan fingerprint density at radius 1 is 1.08 bits per heavy atom. The fraction of sp³-hybridized carbons (Fsp3) is 0.474. The first-order valence-electron chi connectivity index (χ1n) is 8.13. The van der Waals surface area contributed by atoms with Crippen molar-refractivity contribution in [3.8, 4) is 0 Å². The molecule has 0 amide bonds. The van der Waals surface area contributed by atoms with E-state index < -0.39 is 18.0 Å². The van der Waals surface area contributed by atoms with Crippen LogP contribution >= 0.6 is 0 Å². The fourth-order valence-electron chi connectivity index (χ4n) is 2.76. The van der Waals surface area contributed by atoms with E-state index >= 15 is 0 Å². The molecule has 0 fully saturated rings. The zero-order valence-electron chi connectivity index (χ0n) is 14.8. The summed E-state index contributed by atoms with van der Waals surface area (Å²) in [5.41, 5.74) is 1.98. The van der Waals surface area contributed by atoms with Gasteiger partial charge in [0.15, 0.2) is 0 Å².